The molecule has 0 aliphatic rings. The van der Waals surface area contributed by atoms with E-state index in [1.165, 1.54) is 12.4 Å². The zero-order valence-electron chi connectivity index (χ0n) is 13.1. The molecule has 0 amide bonds. The first-order valence-corrected chi connectivity index (χ1v) is 7.69. The number of nitrogens with one attached hydrogen (secondary N) is 1. The fraction of sp³-hybridized carbons (Fsp3) is 0.0588. The van der Waals surface area contributed by atoms with Crippen LogP contribution in [0.1, 0.15) is 5.56 Å². The highest BCUT2D eigenvalue weighted by atomic mass is 35.5. The predicted molar refractivity (Wildman–Crippen MR) is 92.7 cm³/mol. The van der Waals surface area contributed by atoms with E-state index in [9.17, 15) is 13.2 Å². The summed E-state index contributed by atoms with van der Waals surface area (Å²) >= 11 is 5.61. The highest BCUT2D eigenvalue weighted by Crippen LogP contribution is 2.37. The Morgan fingerprint density at radius 3 is 2.46 bits per heavy atom. The Kier molecular flexibility index (Phi) is 4.85. The number of hydrogen-bond acceptors (Lipinski definition) is 5. The third-order valence-electron chi connectivity index (χ3n) is 3.34. The average molecular weight is 381 g/mol. The van der Waals surface area contributed by atoms with Gasteiger partial charge in [-0.1, -0.05) is 29.8 Å². The number of aromatic nitrogens is 2. The summed E-state index contributed by atoms with van der Waals surface area (Å²) in [6, 6.07) is 12.2. The molecule has 0 radical (unpaired) electrons. The first-order chi connectivity index (χ1) is 12.3. The van der Waals surface area contributed by atoms with Gasteiger partial charge in [-0.3, -0.25) is 0 Å². The molecule has 0 unspecified atom stereocenters. The summed E-state index contributed by atoms with van der Waals surface area (Å²) in [5.41, 5.74) is 5.19. The van der Waals surface area contributed by atoms with Crippen molar-refractivity contribution in [2.45, 2.75) is 6.18 Å². The summed E-state index contributed by atoms with van der Waals surface area (Å²) in [5, 5.41) is 2.33. The van der Waals surface area contributed by atoms with Crippen molar-refractivity contribution in [2.24, 2.45) is 0 Å². The lowest BCUT2D eigenvalue weighted by Gasteiger charge is -2.14. The summed E-state index contributed by atoms with van der Waals surface area (Å²) in [5.74, 6) is 0.704. The molecule has 0 saturated heterocycles. The maximum Gasteiger partial charge on any atom is 0.417 e. The number of halogens is 4. The van der Waals surface area contributed by atoms with Crippen LogP contribution in [0.3, 0.4) is 0 Å². The van der Waals surface area contributed by atoms with Gasteiger partial charge in [0, 0.05) is 5.69 Å². The van der Waals surface area contributed by atoms with Gasteiger partial charge in [-0.2, -0.15) is 18.2 Å². The molecular weight excluding hydrogens is 369 g/mol. The number of rotatable bonds is 4. The Labute approximate surface area is 151 Å². The summed E-state index contributed by atoms with van der Waals surface area (Å²) in [4.78, 5) is 7.90. The molecule has 0 aliphatic carbocycles. The maximum absolute atomic E-state index is 13.0. The first kappa shape index (κ1) is 17.8. The smallest absolute Gasteiger partial charge is 0.417 e. The van der Waals surface area contributed by atoms with Crippen molar-refractivity contribution in [3.63, 3.8) is 0 Å². The van der Waals surface area contributed by atoms with Crippen LogP contribution in [0.5, 0.6) is 11.6 Å². The molecule has 3 aromatic rings. The van der Waals surface area contributed by atoms with Crippen LogP contribution in [0.15, 0.2) is 54.9 Å². The van der Waals surface area contributed by atoms with Crippen molar-refractivity contribution in [3.8, 4) is 11.6 Å². The van der Waals surface area contributed by atoms with E-state index in [0.29, 0.717) is 5.75 Å². The molecule has 9 heteroatoms. The highest BCUT2D eigenvalue weighted by molar-refractivity contribution is 6.31. The van der Waals surface area contributed by atoms with Crippen molar-refractivity contribution in [1.82, 2.24) is 9.97 Å². The van der Waals surface area contributed by atoms with Crippen molar-refractivity contribution in [1.29, 1.82) is 0 Å². The average Bonchev–Trinajstić information content (AvgIpc) is 2.60. The predicted octanol–water partition coefficient (Wildman–Crippen LogP) is 5.27. The van der Waals surface area contributed by atoms with E-state index in [0.717, 1.165) is 12.1 Å². The molecule has 3 N–H and O–H groups in total. The molecule has 0 atom stereocenters. The number of ether oxygens (including phenoxy) is 1. The van der Waals surface area contributed by atoms with Gasteiger partial charge in [-0.05, 0) is 30.3 Å². The second-order valence-electron chi connectivity index (χ2n) is 5.17. The number of para-hydroxylation sites is 1. The molecule has 0 saturated carbocycles. The fourth-order valence-corrected chi connectivity index (χ4v) is 2.34. The molecule has 0 fully saturated rings. The van der Waals surface area contributed by atoms with E-state index < -0.39 is 16.8 Å². The third kappa shape index (κ3) is 3.97. The van der Waals surface area contributed by atoms with E-state index in [2.05, 4.69) is 15.3 Å². The highest BCUT2D eigenvalue weighted by Gasteiger charge is 2.33. The molecule has 0 bridgehead atoms. The van der Waals surface area contributed by atoms with Gasteiger partial charge < -0.3 is 15.8 Å². The lowest BCUT2D eigenvalue weighted by Crippen LogP contribution is -2.07. The van der Waals surface area contributed by atoms with E-state index in [1.807, 2.05) is 6.07 Å². The second kappa shape index (κ2) is 7.09. The van der Waals surface area contributed by atoms with Crippen molar-refractivity contribution < 1.29 is 17.9 Å². The molecular formula is C17H12ClF3N4O. The SMILES string of the molecule is Nc1c(Nc2ccc(Cl)c(C(F)(F)F)c2)ncnc1Oc1ccccc1. The fourth-order valence-electron chi connectivity index (χ4n) is 2.12. The molecule has 5 nitrogen and oxygen atoms in total. The molecule has 0 spiro atoms. The van der Waals surface area contributed by atoms with Crippen molar-refractivity contribution in [3.05, 3.63) is 65.4 Å². The number of hydrogen-bond donors (Lipinski definition) is 2. The van der Waals surface area contributed by atoms with Gasteiger partial charge in [0.15, 0.2) is 5.82 Å². The minimum Gasteiger partial charge on any atom is -0.437 e. The molecule has 26 heavy (non-hydrogen) atoms. The molecule has 1 aromatic heterocycles. The molecule has 2 aromatic carbocycles. The minimum absolute atomic E-state index is 0.0554. The van der Waals surface area contributed by atoms with Gasteiger partial charge in [-0.15, -0.1) is 0 Å². The first-order valence-electron chi connectivity index (χ1n) is 7.32. The summed E-state index contributed by atoms with van der Waals surface area (Å²) in [7, 11) is 0. The van der Waals surface area contributed by atoms with Gasteiger partial charge >= 0.3 is 6.18 Å². The standard InChI is InChI=1S/C17H12ClF3N4O/c18-13-7-6-10(8-12(13)17(19,20)21)25-15-14(22)16(24-9-23-15)26-11-4-2-1-3-5-11/h1-9H,22H2,(H,23,24,25). The third-order valence-corrected chi connectivity index (χ3v) is 3.67. The van der Waals surface area contributed by atoms with E-state index in [1.54, 1.807) is 24.3 Å². The number of nitrogens with zero attached hydrogens (tertiary/aromatic N) is 2. The van der Waals surface area contributed by atoms with Crippen LogP contribution in [0.4, 0.5) is 30.4 Å². The van der Waals surface area contributed by atoms with Crippen LogP contribution in [-0.2, 0) is 6.18 Å². The lowest BCUT2D eigenvalue weighted by molar-refractivity contribution is -0.137. The largest absolute Gasteiger partial charge is 0.437 e. The molecule has 1 heterocycles. The number of nitrogens with two attached hydrogens (primary N) is 1. The van der Waals surface area contributed by atoms with E-state index >= 15 is 0 Å². The monoisotopic (exact) mass is 380 g/mol. The Hall–Kier alpha value is -3.00. The van der Waals surface area contributed by atoms with Crippen LogP contribution in [-0.4, -0.2) is 9.97 Å². The van der Waals surface area contributed by atoms with Gasteiger partial charge in [0.25, 0.3) is 0 Å². The van der Waals surface area contributed by atoms with Gasteiger partial charge in [0.1, 0.15) is 17.8 Å². The van der Waals surface area contributed by atoms with Gasteiger partial charge in [0.05, 0.1) is 10.6 Å². The second-order valence-corrected chi connectivity index (χ2v) is 5.58. The number of alkyl halides is 3. The zero-order chi connectivity index (χ0) is 18.7. The summed E-state index contributed by atoms with van der Waals surface area (Å²) in [6.45, 7) is 0. The van der Waals surface area contributed by atoms with Crippen LogP contribution < -0.4 is 15.8 Å². The van der Waals surface area contributed by atoms with Gasteiger partial charge in [0.2, 0.25) is 5.88 Å². The van der Waals surface area contributed by atoms with Crippen molar-refractivity contribution in [2.75, 3.05) is 11.1 Å². The van der Waals surface area contributed by atoms with Crippen LogP contribution in [0.25, 0.3) is 0 Å². The number of nitrogen functional groups attached to an aromatic ring is 1. The number of benzene rings is 2. The topological polar surface area (TPSA) is 73.1 Å². The lowest BCUT2D eigenvalue weighted by atomic mass is 10.2. The zero-order valence-corrected chi connectivity index (χ0v) is 13.8. The summed E-state index contributed by atoms with van der Waals surface area (Å²) in [6.07, 6.45) is -3.38. The van der Waals surface area contributed by atoms with Crippen LogP contribution in [0, 0.1) is 0 Å². The quantitative estimate of drug-likeness (QED) is 0.645. The van der Waals surface area contributed by atoms with E-state index in [4.69, 9.17) is 22.1 Å². The minimum atomic E-state index is -4.58. The Morgan fingerprint density at radius 2 is 1.77 bits per heavy atom. The van der Waals surface area contributed by atoms with Crippen LogP contribution >= 0.6 is 11.6 Å². The Morgan fingerprint density at radius 1 is 1.04 bits per heavy atom. The Bertz CT molecular complexity index is 920. The molecule has 134 valence electrons. The summed E-state index contributed by atoms with van der Waals surface area (Å²) < 4.78 is 44.5. The normalized spacial score (nSPS) is 11.2. The maximum atomic E-state index is 13.0. The van der Waals surface area contributed by atoms with Crippen LogP contribution in [0.2, 0.25) is 5.02 Å². The number of anilines is 3. The van der Waals surface area contributed by atoms with Gasteiger partial charge in [-0.25, -0.2) is 4.98 Å². The molecule has 3 rings (SSSR count). The van der Waals surface area contributed by atoms with E-state index in [-0.39, 0.29) is 23.1 Å². The molecule has 0 aliphatic heterocycles. The Balaban J connectivity index is 1.88. The van der Waals surface area contributed by atoms with Crippen molar-refractivity contribution >= 4 is 28.8 Å².